The van der Waals surface area contributed by atoms with E-state index in [-0.39, 0.29) is 30.0 Å². The molecule has 6 nitrogen and oxygen atoms in total. The zero-order valence-corrected chi connectivity index (χ0v) is 13.1. The van der Waals surface area contributed by atoms with E-state index in [1.165, 1.54) is 0 Å². The van der Waals surface area contributed by atoms with Crippen LogP contribution in [0.25, 0.3) is 0 Å². The normalized spacial score (nSPS) is 21.1. The highest BCUT2D eigenvalue weighted by molar-refractivity contribution is 5.80. The number of nitrogens with zero attached hydrogens (tertiary/aromatic N) is 1. The molecule has 0 aromatic heterocycles. The van der Waals surface area contributed by atoms with Gasteiger partial charge in [0.1, 0.15) is 5.60 Å². The lowest BCUT2D eigenvalue weighted by molar-refractivity contribution is -0.121. The lowest BCUT2D eigenvalue weighted by atomic mass is 10.0. The molecule has 0 spiro atoms. The summed E-state index contributed by atoms with van der Waals surface area (Å²) >= 11 is 0. The number of nitrogens with one attached hydrogen (secondary N) is 1. The van der Waals surface area contributed by atoms with Gasteiger partial charge in [-0.2, -0.15) is 0 Å². The minimum atomic E-state index is -0.490. The number of rotatable bonds is 4. The molecular formula is C14H27N3O3. The molecule has 6 heteroatoms. The number of ether oxygens (including phenoxy) is 1. The van der Waals surface area contributed by atoms with E-state index in [2.05, 4.69) is 5.32 Å². The molecule has 0 aromatic carbocycles. The first-order valence-electron chi connectivity index (χ1n) is 7.13. The van der Waals surface area contributed by atoms with Crippen LogP contribution in [0.15, 0.2) is 0 Å². The van der Waals surface area contributed by atoms with Crippen LogP contribution < -0.4 is 11.1 Å². The Bertz CT molecular complexity index is 363. The maximum absolute atomic E-state index is 11.9. The SMILES string of the molecule is CC(C)C(NC1CCN(C(=O)OC(C)(C)C)C1)C(N)=O. The largest absolute Gasteiger partial charge is 0.444 e. The first kappa shape index (κ1) is 16.8. The van der Waals surface area contributed by atoms with Crippen molar-refractivity contribution in [3.8, 4) is 0 Å². The average molecular weight is 285 g/mol. The van der Waals surface area contributed by atoms with Crippen LogP contribution in [0.2, 0.25) is 0 Å². The molecule has 2 amide bonds. The maximum Gasteiger partial charge on any atom is 0.410 e. The molecule has 1 fully saturated rings. The summed E-state index contributed by atoms with van der Waals surface area (Å²) in [5.41, 5.74) is 4.90. The molecule has 0 radical (unpaired) electrons. The second-order valence-corrected chi connectivity index (χ2v) is 6.70. The van der Waals surface area contributed by atoms with E-state index < -0.39 is 5.60 Å². The third-order valence-corrected chi connectivity index (χ3v) is 3.23. The topological polar surface area (TPSA) is 84.7 Å². The minimum Gasteiger partial charge on any atom is -0.444 e. The molecule has 2 atom stereocenters. The summed E-state index contributed by atoms with van der Waals surface area (Å²) in [6.07, 6.45) is 0.498. The summed E-state index contributed by atoms with van der Waals surface area (Å²) < 4.78 is 5.34. The van der Waals surface area contributed by atoms with E-state index >= 15 is 0 Å². The average Bonchev–Trinajstić information content (AvgIpc) is 2.71. The zero-order valence-electron chi connectivity index (χ0n) is 13.1. The lowest BCUT2D eigenvalue weighted by Crippen LogP contribution is -2.50. The van der Waals surface area contributed by atoms with Gasteiger partial charge >= 0.3 is 6.09 Å². The summed E-state index contributed by atoms with van der Waals surface area (Å²) in [6.45, 7) is 10.6. The van der Waals surface area contributed by atoms with Crippen molar-refractivity contribution < 1.29 is 14.3 Å². The number of hydrogen-bond acceptors (Lipinski definition) is 4. The second kappa shape index (κ2) is 6.43. The van der Waals surface area contributed by atoms with Crippen LogP contribution in [0.4, 0.5) is 4.79 Å². The summed E-state index contributed by atoms with van der Waals surface area (Å²) in [5.74, 6) is -0.223. The first-order valence-corrected chi connectivity index (χ1v) is 7.13. The van der Waals surface area contributed by atoms with Gasteiger partial charge in [-0.05, 0) is 33.1 Å². The zero-order chi connectivity index (χ0) is 15.5. The van der Waals surface area contributed by atoms with Gasteiger partial charge in [0.25, 0.3) is 0 Å². The van der Waals surface area contributed by atoms with Crippen molar-refractivity contribution in [2.24, 2.45) is 11.7 Å². The summed E-state index contributed by atoms with van der Waals surface area (Å²) in [5, 5.41) is 3.24. The molecule has 1 aliphatic heterocycles. The van der Waals surface area contributed by atoms with Gasteiger partial charge in [-0.25, -0.2) is 4.79 Å². The van der Waals surface area contributed by atoms with Crippen molar-refractivity contribution in [1.29, 1.82) is 0 Å². The Balaban J connectivity index is 2.51. The van der Waals surface area contributed by atoms with Crippen molar-refractivity contribution in [1.82, 2.24) is 10.2 Å². The number of carbonyl (C=O) groups is 2. The van der Waals surface area contributed by atoms with Crippen LogP contribution in [0.1, 0.15) is 41.0 Å². The van der Waals surface area contributed by atoms with Crippen LogP contribution in [0.3, 0.4) is 0 Å². The molecule has 1 aliphatic rings. The van der Waals surface area contributed by atoms with Gasteiger partial charge in [0.15, 0.2) is 0 Å². The molecule has 116 valence electrons. The molecule has 2 unspecified atom stereocenters. The number of carbonyl (C=O) groups excluding carboxylic acids is 2. The molecule has 0 aromatic rings. The Kier molecular flexibility index (Phi) is 5.39. The van der Waals surface area contributed by atoms with Crippen molar-refractivity contribution in [2.45, 2.75) is 58.7 Å². The Hall–Kier alpha value is -1.30. The highest BCUT2D eigenvalue weighted by Gasteiger charge is 2.32. The fourth-order valence-electron chi connectivity index (χ4n) is 2.25. The molecule has 3 N–H and O–H groups in total. The van der Waals surface area contributed by atoms with E-state index in [1.807, 2.05) is 34.6 Å². The van der Waals surface area contributed by atoms with Crippen LogP contribution >= 0.6 is 0 Å². The smallest absolute Gasteiger partial charge is 0.410 e. The summed E-state index contributed by atoms with van der Waals surface area (Å²) in [6, 6.07) is -0.277. The van der Waals surface area contributed by atoms with Gasteiger partial charge in [0, 0.05) is 19.1 Å². The molecule has 1 heterocycles. The van der Waals surface area contributed by atoms with E-state index in [9.17, 15) is 9.59 Å². The molecule has 1 saturated heterocycles. The number of primary amides is 1. The molecule has 20 heavy (non-hydrogen) atoms. The fourth-order valence-corrected chi connectivity index (χ4v) is 2.25. The number of amides is 2. The second-order valence-electron chi connectivity index (χ2n) is 6.70. The van der Waals surface area contributed by atoms with E-state index in [0.29, 0.717) is 13.1 Å². The lowest BCUT2D eigenvalue weighted by Gasteiger charge is -2.26. The third kappa shape index (κ3) is 5.00. The quantitative estimate of drug-likeness (QED) is 0.810. The highest BCUT2D eigenvalue weighted by Crippen LogP contribution is 2.16. The number of nitrogens with two attached hydrogens (primary N) is 1. The van der Waals surface area contributed by atoms with Crippen LogP contribution in [-0.2, 0) is 9.53 Å². The number of hydrogen-bond donors (Lipinski definition) is 2. The molecular weight excluding hydrogens is 258 g/mol. The fraction of sp³-hybridized carbons (Fsp3) is 0.857. The Morgan fingerprint density at radius 2 is 1.95 bits per heavy atom. The monoisotopic (exact) mass is 285 g/mol. The summed E-state index contributed by atoms with van der Waals surface area (Å²) in [7, 11) is 0. The molecule has 0 saturated carbocycles. The minimum absolute atomic E-state index is 0.0856. The molecule has 0 bridgehead atoms. The van der Waals surface area contributed by atoms with Gasteiger partial charge in [-0.1, -0.05) is 13.8 Å². The van der Waals surface area contributed by atoms with Gasteiger partial charge in [0.05, 0.1) is 6.04 Å². The van der Waals surface area contributed by atoms with E-state index in [4.69, 9.17) is 10.5 Å². The maximum atomic E-state index is 11.9. The Morgan fingerprint density at radius 1 is 1.35 bits per heavy atom. The predicted molar refractivity (Wildman–Crippen MR) is 77.2 cm³/mol. The van der Waals surface area contributed by atoms with Crippen molar-refractivity contribution in [2.75, 3.05) is 13.1 Å². The Morgan fingerprint density at radius 3 is 2.40 bits per heavy atom. The third-order valence-electron chi connectivity index (χ3n) is 3.23. The summed E-state index contributed by atoms with van der Waals surface area (Å²) in [4.78, 5) is 25.0. The van der Waals surface area contributed by atoms with E-state index in [1.54, 1.807) is 4.90 Å². The first-order chi connectivity index (χ1) is 9.10. The highest BCUT2D eigenvalue weighted by atomic mass is 16.6. The van der Waals surface area contributed by atoms with Crippen LogP contribution in [-0.4, -0.2) is 47.7 Å². The Labute approximate surface area is 121 Å². The van der Waals surface area contributed by atoms with Crippen LogP contribution in [0.5, 0.6) is 0 Å². The number of likely N-dealkylation sites (tertiary alicyclic amines) is 1. The van der Waals surface area contributed by atoms with Crippen LogP contribution in [0, 0.1) is 5.92 Å². The van der Waals surface area contributed by atoms with E-state index in [0.717, 1.165) is 6.42 Å². The van der Waals surface area contributed by atoms with Crippen molar-refractivity contribution in [3.63, 3.8) is 0 Å². The molecule has 1 rings (SSSR count). The van der Waals surface area contributed by atoms with Crippen molar-refractivity contribution >= 4 is 12.0 Å². The van der Waals surface area contributed by atoms with Crippen molar-refractivity contribution in [3.05, 3.63) is 0 Å². The molecule has 0 aliphatic carbocycles. The van der Waals surface area contributed by atoms with Gasteiger partial charge < -0.3 is 20.7 Å². The van der Waals surface area contributed by atoms with Gasteiger partial charge in [-0.15, -0.1) is 0 Å². The van der Waals surface area contributed by atoms with Gasteiger partial charge in [0.2, 0.25) is 5.91 Å². The van der Waals surface area contributed by atoms with Gasteiger partial charge in [-0.3, -0.25) is 4.79 Å². The predicted octanol–water partition coefficient (Wildman–Crippen LogP) is 1.10. The standard InChI is InChI=1S/C14H27N3O3/c1-9(2)11(12(15)18)16-10-6-7-17(8-10)13(19)20-14(3,4)5/h9-11,16H,6-8H2,1-5H3,(H2,15,18).